The lowest BCUT2D eigenvalue weighted by Crippen LogP contribution is -2.45. The van der Waals surface area contributed by atoms with Crippen LogP contribution < -0.4 is 16.0 Å². The van der Waals surface area contributed by atoms with Crippen LogP contribution in [0.2, 0.25) is 0 Å². The van der Waals surface area contributed by atoms with E-state index in [1.165, 1.54) is 0 Å². The first-order valence-electron chi connectivity index (χ1n) is 5.18. The summed E-state index contributed by atoms with van der Waals surface area (Å²) in [7, 11) is 3.90. The molecule has 0 bridgehead atoms. The molecule has 0 fully saturated rings. The van der Waals surface area contributed by atoms with Crippen molar-refractivity contribution in [1.29, 1.82) is 0 Å². The fraction of sp³-hybridized carbons (Fsp3) is 0.417. The second-order valence-electron chi connectivity index (χ2n) is 4.62. The molecule has 0 saturated heterocycles. The van der Waals surface area contributed by atoms with E-state index < -0.39 is 5.54 Å². The molecule has 0 radical (unpaired) electrons. The Kier molecular flexibility index (Phi) is 3.55. The molecule has 0 aliphatic rings. The fourth-order valence-electron chi connectivity index (χ4n) is 1.15. The van der Waals surface area contributed by atoms with Crippen molar-refractivity contribution in [2.24, 2.45) is 5.73 Å². The van der Waals surface area contributed by atoms with E-state index in [1.54, 1.807) is 13.8 Å². The van der Waals surface area contributed by atoms with E-state index in [4.69, 9.17) is 5.73 Å². The number of rotatable bonds is 3. The molecule has 1 aromatic rings. The Balaban J connectivity index is 2.83. The molecule has 0 aliphatic heterocycles. The number of carbonyl (C=O) groups is 1. The Morgan fingerprint density at radius 2 is 2.00 bits per heavy atom. The maximum atomic E-state index is 11.7. The maximum absolute atomic E-state index is 11.7. The molecule has 1 aromatic carbocycles. The van der Waals surface area contributed by atoms with Crippen LogP contribution in [0.15, 0.2) is 24.3 Å². The fourth-order valence-corrected chi connectivity index (χ4v) is 1.15. The number of nitrogens with zero attached hydrogens (tertiary/aromatic N) is 1. The van der Waals surface area contributed by atoms with E-state index in [2.05, 4.69) is 5.32 Å². The van der Waals surface area contributed by atoms with Crippen molar-refractivity contribution < 1.29 is 4.79 Å². The Morgan fingerprint density at radius 3 is 2.50 bits per heavy atom. The summed E-state index contributed by atoms with van der Waals surface area (Å²) in [5.74, 6) is -0.191. The highest BCUT2D eigenvalue weighted by Gasteiger charge is 2.21. The lowest BCUT2D eigenvalue weighted by molar-refractivity contribution is -0.120. The van der Waals surface area contributed by atoms with E-state index in [-0.39, 0.29) is 5.91 Å². The van der Waals surface area contributed by atoms with Gasteiger partial charge >= 0.3 is 0 Å². The third-order valence-corrected chi connectivity index (χ3v) is 2.21. The Morgan fingerprint density at radius 1 is 1.38 bits per heavy atom. The smallest absolute Gasteiger partial charge is 0.243 e. The summed E-state index contributed by atoms with van der Waals surface area (Å²) in [5, 5.41) is 2.79. The van der Waals surface area contributed by atoms with Gasteiger partial charge in [-0.25, -0.2) is 0 Å². The monoisotopic (exact) mass is 221 g/mol. The topological polar surface area (TPSA) is 58.4 Å². The number of nitrogens with one attached hydrogen (secondary N) is 1. The quantitative estimate of drug-likeness (QED) is 0.811. The summed E-state index contributed by atoms with van der Waals surface area (Å²) in [6.07, 6.45) is 0. The van der Waals surface area contributed by atoms with Gasteiger partial charge in [-0.2, -0.15) is 0 Å². The van der Waals surface area contributed by atoms with Crippen LogP contribution in [0.1, 0.15) is 13.8 Å². The van der Waals surface area contributed by atoms with Crippen molar-refractivity contribution in [2.75, 3.05) is 24.3 Å². The van der Waals surface area contributed by atoms with Crippen molar-refractivity contribution in [2.45, 2.75) is 19.4 Å². The summed E-state index contributed by atoms with van der Waals surface area (Å²) in [6.45, 7) is 3.36. The molecule has 4 nitrogen and oxygen atoms in total. The van der Waals surface area contributed by atoms with E-state index in [0.717, 1.165) is 11.4 Å². The van der Waals surface area contributed by atoms with Crippen LogP contribution in [0, 0.1) is 0 Å². The molecule has 1 rings (SSSR count). The molecular weight excluding hydrogens is 202 g/mol. The SMILES string of the molecule is CN(C)c1cccc(NC(=O)C(C)(C)N)c1. The van der Waals surface area contributed by atoms with Crippen LogP contribution in [0.5, 0.6) is 0 Å². The number of carbonyl (C=O) groups excluding carboxylic acids is 1. The van der Waals surface area contributed by atoms with Crippen molar-refractivity contribution in [1.82, 2.24) is 0 Å². The first kappa shape index (κ1) is 12.5. The number of nitrogens with two attached hydrogens (primary N) is 1. The first-order valence-corrected chi connectivity index (χ1v) is 5.18. The molecule has 1 amide bonds. The van der Waals surface area contributed by atoms with Crippen molar-refractivity contribution >= 4 is 17.3 Å². The molecule has 4 heteroatoms. The van der Waals surface area contributed by atoms with Gasteiger partial charge in [0.05, 0.1) is 5.54 Å². The first-order chi connectivity index (χ1) is 7.30. The molecule has 0 unspecified atom stereocenters. The van der Waals surface area contributed by atoms with Gasteiger partial charge < -0.3 is 16.0 Å². The molecule has 3 N–H and O–H groups in total. The minimum atomic E-state index is -0.867. The van der Waals surface area contributed by atoms with E-state index in [0.29, 0.717) is 0 Å². The zero-order valence-corrected chi connectivity index (χ0v) is 10.2. The average molecular weight is 221 g/mol. The number of amides is 1. The lowest BCUT2D eigenvalue weighted by atomic mass is 10.1. The van der Waals surface area contributed by atoms with Gasteiger partial charge in [-0.05, 0) is 32.0 Å². The van der Waals surface area contributed by atoms with Crippen molar-refractivity contribution in [3.8, 4) is 0 Å². The predicted octanol–water partition coefficient (Wildman–Crippen LogP) is 1.43. The number of hydrogen-bond acceptors (Lipinski definition) is 3. The molecule has 0 aromatic heterocycles. The average Bonchev–Trinajstić information content (AvgIpc) is 2.16. The summed E-state index contributed by atoms with van der Waals surface area (Å²) < 4.78 is 0. The van der Waals surface area contributed by atoms with Crippen molar-refractivity contribution in [3.05, 3.63) is 24.3 Å². The van der Waals surface area contributed by atoms with Crippen LogP contribution in [0.4, 0.5) is 11.4 Å². The number of anilines is 2. The van der Waals surface area contributed by atoms with E-state index in [9.17, 15) is 4.79 Å². The molecule has 0 atom stereocenters. The summed E-state index contributed by atoms with van der Waals surface area (Å²) in [4.78, 5) is 13.6. The van der Waals surface area contributed by atoms with Gasteiger partial charge in [0.25, 0.3) is 0 Å². The zero-order valence-electron chi connectivity index (χ0n) is 10.2. The van der Waals surface area contributed by atoms with Gasteiger partial charge in [-0.15, -0.1) is 0 Å². The lowest BCUT2D eigenvalue weighted by Gasteiger charge is -2.19. The molecule has 16 heavy (non-hydrogen) atoms. The highest BCUT2D eigenvalue weighted by molar-refractivity contribution is 5.97. The Bertz CT molecular complexity index is 380. The van der Waals surface area contributed by atoms with Gasteiger partial charge in [-0.3, -0.25) is 4.79 Å². The summed E-state index contributed by atoms with van der Waals surface area (Å²) in [5.41, 5.74) is 6.63. The van der Waals surface area contributed by atoms with Gasteiger partial charge in [0, 0.05) is 25.5 Å². The van der Waals surface area contributed by atoms with Crippen LogP contribution in [-0.2, 0) is 4.79 Å². The largest absolute Gasteiger partial charge is 0.378 e. The molecular formula is C12H19N3O. The summed E-state index contributed by atoms with van der Waals surface area (Å²) in [6, 6.07) is 7.62. The van der Waals surface area contributed by atoms with Crippen molar-refractivity contribution in [3.63, 3.8) is 0 Å². The zero-order chi connectivity index (χ0) is 12.3. The normalized spacial score (nSPS) is 11.1. The molecule has 88 valence electrons. The van der Waals surface area contributed by atoms with Crippen LogP contribution in [0.25, 0.3) is 0 Å². The van der Waals surface area contributed by atoms with Crippen LogP contribution >= 0.6 is 0 Å². The minimum absolute atomic E-state index is 0.191. The van der Waals surface area contributed by atoms with Gasteiger partial charge in [0.1, 0.15) is 0 Å². The minimum Gasteiger partial charge on any atom is -0.378 e. The van der Waals surface area contributed by atoms with Gasteiger partial charge in [0.15, 0.2) is 0 Å². The molecule has 0 saturated carbocycles. The highest BCUT2D eigenvalue weighted by atomic mass is 16.2. The van der Waals surface area contributed by atoms with Gasteiger partial charge in [-0.1, -0.05) is 6.07 Å². The Labute approximate surface area is 96.4 Å². The Hall–Kier alpha value is -1.55. The number of benzene rings is 1. The third kappa shape index (κ3) is 3.24. The van der Waals surface area contributed by atoms with E-state index in [1.807, 2.05) is 43.3 Å². The van der Waals surface area contributed by atoms with E-state index >= 15 is 0 Å². The second-order valence-corrected chi connectivity index (χ2v) is 4.62. The van der Waals surface area contributed by atoms with Crippen LogP contribution in [0.3, 0.4) is 0 Å². The highest BCUT2D eigenvalue weighted by Crippen LogP contribution is 2.18. The maximum Gasteiger partial charge on any atom is 0.243 e. The third-order valence-electron chi connectivity index (χ3n) is 2.21. The molecule has 0 heterocycles. The van der Waals surface area contributed by atoms with Gasteiger partial charge in [0.2, 0.25) is 5.91 Å². The summed E-state index contributed by atoms with van der Waals surface area (Å²) >= 11 is 0. The second kappa shape index (κ2) is 4.53. The molecule has 0 spiro atoms. The molecule has 0 aliphatic carbocycles. The standard InChI is InChI=1S/C12H19N3O/c1-12(2,13)11(16)14-9-6-5-7-10(8-9)15(3)4/h5-8H,13H2,1-4H3,(H,14,16). The number of hydrogen-bond donors (Lipinski definition) is 2. The predicted molar refractivity (Wildman–Crippen MR) is 67.7 cm³/mol. The van der Waals surface area contributed by atoms with Crippen LogP contribution in [-0.4, -0.2) is 25.5 Å².